The molecule has 0 bridgehead atoms. The van der Waals surface area contributed by atoms with Gasteiger partial charge in [0.15, 0.2) is 0 Å². The van der Waals surface area contributed by atoms with Crippen molar-refractivity contribution in [1.82, 2.24) is 10.2 Å². The Hall–Kier alpha value is -1.68. The fourth-order valence-corrected chi connectivity index (χ4v) is 1.89. The molecule has 0 aliphatic heterocycles. The highest BCUT2D eigenvalue weighted by Crippen LogP contribution is 2.31. The van der Waals surface area contributed by atoms with E-state index in [1.807, 2.05) is 18.2 Å². The van der Waals surface area contributed by atoms with Gasteiger partial charge < -0.3 is 4.74 Å². The van der Waals surface area contributed by atoms with Crippen LogP contribution in [0.5, 0.6) is 5.75 Å². The maximum absolute atomic E-state index is 5.38. The first-order valence-corrected chi connectivity index (χ1v) is 6.26. The van der Waals surface area contributed by atoms with E-state index in [9.17, 15) is 0 Å². The monoisotopic (exact) mass is 260 g/mol. The molecule has 3 nitrogen and oxygen atoms in total. The van der Waals surface area contributed by atoms with E-state index in [1.54, 1.807) is 7.11 Å². The summed E-state index contributed by atoms with van der Waals surface area (Å²) in [4.78, 5) is 0. The third-order valence-corrected chi connectivity index (χ3v) is 3.07. The Balaban J connectivity index is 2.56. The zero-order valence-corrected chi connectivity index (χ0v) is 11.5. The second-order valence-corrected chi connectivity index (χ2v) is 4.86. The highest BCUT2D eigenvalue weighted by Gasteiger charge is 2.09. The summed E-state index contributed by atoms with van der Waals surface area (Å²) in [6.07, 6.45) is 0. The molecule has 2 aromatic rings. The number of methoxy groups -OCH3 is 1. The highest BCUT2D eigenvalue weighted by molar-refractivity contribution is 7.71. The Morgan fingerprint density at radius 2 is 2.00 bits per heavy atom. The fourth-order valence-electron chi connectivity index (χ4n) is 1.78. The normalized spacial score (nSPS) is 10.7. The molecule has 1 heterocycles. The van der Waals surface area contributed by atoms with Crippen molar-refractivity contribution in [3.05, 3.63) is 40.5 Å². The van der Waals surface area contributed by atoms with Crippen molar-refractivity contribution < 1.29 is 4.74 Å². The van der Waals surface area contributed by atoms with Gasteiger partial charge in [0, 0.05) is 5.56 Å². The van der Waals surface area contributed by atoms with Crippen molar-refractivity contribution in [3.63, 3.8) is 0 Å². The summed E-state index contributed by atoms with van der Waals surface area (Å²) in [6, 6.07) is 9.91. The van der Waals surface area contributed by atoms with Crippen LogP contribution in [0.2, 0.25) is 0 Å². The average molecular weight is 260 g/mol. The van der Waals surface area contributed by atoms with Crippen molar-refractivity contribution in [2.75, 3.05) is 7.11 Å². The predicted octanol–water partition coefficient (Wildman–Crippen LogP) is 3.94. The topological polar surface area (TPSA) is 37.9 Å². The van der Waals surface area contributed by atoms with Crippen molar-refractivity contribution in [1.29, 1.82) is 0 Å². The first-order chi connectivity index (χ1) is 8.61. The lowest BCUT2D eigenvalue weighted by atomic mass is 9.99. The molecule has 1 aromatic carbocycles. The molecular weight excluding hydrogens is 244 g/mol. The van der Waals surface area contributed by atoms with E-state index < -0.39 is 0 Å². The van der Waals surface area contributed by atoms with Crippen LogP contribution in [0.15, 0.2) is 30.3 Å². The minimum atomic E-state index is 0.469. The molecule has 0 amide bonds. The third kappa shape index (κ3) is 2.59. The quantitative estimate of drug-likeness (QED) is 0.849. The van der Waals surface area contributed by atoms with Gasteiger partial charge in [-0.15, -0.1) is 0 Å². The summed E-state index contributed by atoms with van der Waals surface area (Å²) < 4.78 is 6.01. The molecular formula is C14H16N2OS. The van der Waals surface area contributed by atoms with Crippen molar-refractivity contribution in [3.8, 4) is 17.0 Å². The lowest BCUT2D eigenvalue weighted by Gasteiger charge is -2.12. The lowest BCUT2D eigenvalue weighted by Crippen LogP contribution is -1.95. The zero-order chi connectivity index (χ0) is 13.1. The van der Waals surface area contributed by atoms with Crippen LogP contribution in [-0.2, 0) is 0 Å². The van der Waals surface area contributed by atoms with Gasteiger partial charge in [0.2, 0.25) is 0 Å². The molecule has 1 aromatic heterocycles. The van der Waals surface area contributed by atoms with Gasteiger partial charge in [-0.3, -0.25) is 5.10 Å². The number of ether oxygens (including phenoxy) is 1. The van der Waals surface area contributed by atoms with Gasteiger partial charge >= 0.3 is 0 Å². The van der Waals surface area contributed by atoms with E-state index in [0.717, 1.165) is 17.0 Å². The molecule has 94 valence electrons. The van der Waals surface area contributed by atoms with Crippen LogP contribution in [0.4, 0.5) is 0 Å². The van der Waals surface area contributed by atoms with Gasteiger partial charge in [0.25, 0.3) is 0 Å². The molecule has 0 aliphatic rings. The smallest absolute Gasteiger partial charge is 0.128 e. The molecule has 0 radical (unpaired) electrons. The van der Waals surface area contributed by atoms with Gasteiger partial charge in [0.05, 0.1) is 12.8 Å². The summed E-state index contributed by atoms with van der Waals surface area (Å²) >= 11 is 5.00. The minimum absolute atomic E-state index is 0.469. The number of aromatic amines is 1. The molecule has 0 saturated heterocycles. The second kappa shape index (κ2) is 5.31. The zero-order valence-electron chi connectivity index (χ0n) is 10.7. The summed E-state index contributed by atoms with van der Waals surface area (Å²) in [7, 11) is 1.67. The Bertz CT molecular complexity index is 584. The molecule has 2 rings (SSSR count). The van der Waals surface area contributed by atoms with Gasteiger partial charge in [-0.1, -0.05) is 32.1 Å². The molecule has 0 aliphatic carbocycles. The van der Waals surface area contributed by atoms with Crippen molar-refractivity contribution in [2.24, 2.45) is 0 Å². The Labute approximate surface area is 112 Å². The number of nitrogens with zero attached hydrogens (tertiary/aromatic N) is 1. The Morgan fingerprint density at radius 1 is 1.22 bits per heavy atom. The van der Waals surface area contributed by atoms with Crippen LogP contribution in [0.1, 0.15) is 25.3 Å². The van der Waals surface area contributed by atoms with Gasteiger partial charge in [0.1, 0.15) is 10.4 Å². The molecule has 1 N–H and O–H groups in total. The maximum atomic E-state index is 5.38. The molecule has 0 fully saturated rings. The molecule has 18 heavy (non-hydrogen) atoms. The first-order valence-electron chi connectivity index (χ1n) is 5.86. The van der Waals surface area contributed by atoms with Gasteiger partial charge in [-0.2, -0.15) is 5.10 Å². The minimum Gasteiger partial charge on any atom is -0.496 e. The number of H-pyrrole nitrogens is 1. The van der Waals surface area contributed by atoms with Crippen LogP contribution in [0.3, 0.4) is 0 Å². The number of hydrogen-bond donors (Lipinski definition) is 1. The van der Waals surface area contributed by atoms with E-state index in [2.05, 4.69) is 36.2 Å². The standard InChI is InChI=1S/C14H16N2OS/c1-9(2)10-4-6-13(17-3)11(8-10)12-5-7-14(18)16-15-12/h4-9H,1-3H3,(H,16,18). The Morgan fingerprint density at radius 3 is 2.56 bits per heavy atom. The summed E-state index contributed by atoms with van der Waals surface area (Å²) in [5, 5.41) is 7.06. The summed E-state index contributed by atoms with van der Waals surface area (Å²) in [5.41, 5.74) is 3.08. The maximum Gasteiger partial charge on any atom is 0.128 e. The summed E-state index contributed by atoms with van der Waals surface area (Å²) in [5.74, 6) is 1.29. The lowest BCUT2D eigenvalue weighted by molar-refractivity contribution is 0.416. The van der Waals surface area contributed by atoms with Crippen molar-refractivity contribution >= 4 is 12.2 Å². The molecule has 0 unspecified atom stereocenters. The van der Waals surface area contributed by atoms with E-state index in [0.29, 0.717) is 10.6 Å². The molecule has 4 heteroatoms. The van der Waals surface area contributed by atoms with Crippen LogP contribution in [0.25, 0.3) is 11.3 Å². The number of nitrogens with one attached hydrogen (secondary N) is 1. The molecule has 0 saturated carbocycles. The number of hydrogen-bond acceptors (Lipinski definition) is 3. The first kappa shape index (κ1) is 12.8. The predicted molar refractivity (Wildman–Crippen MR) is 75.5 cm³/mol. The van der Waals surface area contributed by atoms with Crippen LogP contribution in [-0.4, -0.2) is 17.3 Å². The molecule has 0 spiro atoms. The average Bonchev–Trinajstić information content (AvgIpc) is 2.39. The van der Waals surface area contributed by atoms with Gasteiger partial charge in [-0.05, 0) is 35.7 Å². The van der Waals surface area contributed by atoms with Crippen LogP contribution < -0.4 is 4.74 Å². The van der Waals surface area contributed by atoms with Crippen LogP contribution >= 0.6 is 12.2 Å². The van der Waals surface area contributed by atoms with E-state index in [1.165, 1.54) is 5.56 Å². The SMILES string of the molecule is COc1ccc(C(C)C)cc1-c1ccc(=S)[nH]n1. The molecule has 0 atom stereocenters. The van der Waals surface area contributed by atoms with Crippen LogP contribution in [0, 0.1) is 4.64 Å². The van der Waals surface area contributed by atoms with Gasteiger partial charge in [-0.25, -0.2) is 0 Å². The van der Waals surface area contributed by atoms with E-state index >= 15 is 0 Å². The van der Waals surface area contributed by atoms with E-state index in [-0.39, 0.29) is 0 Å². The second-order valence-electron chi connectivity index (χ2n) is 4.42. The Kier molecular flexibility index (Phi) is 3.77. The van der Waals surface area contributed by atoms with Crippen molar-refractivity contribution in [2.45, 2.75) is 19.8 Å². The third-order valence-electron chi connectivity index (χ3n) is 2.85. The largest absolute Gasteiger partial charge is 0.496 e. The number of benzene rings is 1. The number of aromatic nitrogens is 2. The fraction of sp³-hybridized carbons (Fsp3) is 0.286. The van der Waals surface area contributed by atoms with E-state index in [4.69, 9.17) is 17.0 Å². The number of rotatable bonds is 3. The summed E-state index contributed by atoms with van der Waals surface area (Å²) in [6.45, 7) is 4.33. The highest BCUT2D eigenvalue weighted by atomic mass is 32.1.